The number of H-pyrrole nitrogens is 1. The minimum Gasteiger partial charge on any atom is -0.298 e. The number of aromatic amines is 1. The zero-order valence-corrected chi connectivity index (χ0v) is 15.4. The number of halogens is 2. The van der Waals surface area contributed by atoms with Crippen molar-refractivity contribution < 1.29 is 8.78 Å². The van der Waals surface area contributed by atoms with E-state index in [0.717, 1.165) is 42.8 Å². The van der Waals surface area contributed by atoms with Gasteiger partial charge in [-0.1, -0.05) is 35.9 Å². The number of aromatic nitrogens is 2. The highest BCUT2D eigenvalue weighted by molar-refractivity contribution is 5.66. The fourth-order valence-electron chi connectivity index (χ4n) is 3.98. The largest absolute Gasteiger partial charge is 0.298 e. The number of benzene rings is 2. The highest BCUT2D eigenvalue weighted by atomic mass is 19.2. The maximum Gasteiger partial charge on any atom is 0.159 e. The van der Waals surface area contributed by atoms with Crippen molar-refractivity contribution >= 4 is 0 Å². The van der Waals surface area contributed by atoms with E-state index < -0.39 is 11.6 Å². The summed E-state index contributed by atoms with van der Waals surface area (Å²) < 4.78 is 26.7. The van der Waals surface area contributed by atoms with Gasteiger partial charge in [0.2, 0.25) is 0 Å². The van der Waals surface area contributed by atoms with Crippen LogP contribution in [0.1, 0.15) is 35.6 Å². The summed E-state index contributed by atoms with van der Waals surface area (Å²) in [5, 5.41) is 7.51. The first kappa shape index (κ1) is 17.9. The number of nitrogens with zero attached hydrogens (tertiary/aromatic N) is 2. The van der Waals surface area contributed by atoms with E-state index in [2.05, 4.69) is 46.3 Å². The van der Waals surface area contributed by atoms with Crippen LogP contribution >= 0.6 is 0 Å². The molecular weight excluding hydrogens is 344 g/mol. The molecule has 3 aromatic rings. The van der Waals surface area contributed by atoms with Crippen LogP contribution in [0.4, 0.5) is 8.78 Å². The number of hydrogen-bond donors (Lipinski definition) is 1. The third kappa shape index (κ3) is 3.93. The van der Waals surface area contributed by atoms with Crippen LogP contribution in [-0.4, -0.2) is 28.2 Å². The first-order valence-corrected chi connectivity index (χ1v) is 9.37. The smallest absolute Gasteiger partial charge is 0.159 e. The molecule has 2 aromatic carbocycles. The Kier molecular flexibility index (Phi) is 5.03. The average Bonchev–Trinajstić information content (AvgIpc) is 3.15. The molecule has 0 aliphatic carbocycles. The molecule has 4 rings (SSSR count). The molecule has 1 aliphatic rings. The maximum atomic E-state index is 13.5. The fourth-order valence-corrected chi connectivity index (χ4v) is 3.98. The van der Waals surface area contributed by atoms with Crippen molar-refractivity contribution in [3.8, 4) is 11.1 Å². The average molecular weight is 367 g/mol. The number of rotatable bonds is 4. The normalized spacial score (nSPS) is 18.0. The lowest BCUT2D eigenvalue weighted by atomic mass is 9.90. The van der Waals surface area contributed by atoms with Gasteiger partial charge in [0, 0.05) is 30.3 Å². The molecule has 0 amide bonds. The van der Waals surface area contributed by atoms with Crippen molar-refractivity contribution in [1.29, 1.82) is 0 Å². The number of piperidine rings is 1. The van der Waals surface area contributed by atoms with Crippen LogP contribution in [0.5, 0.6) is 0 Å². The van der Waals surface area contributed by atoms with Gasteiger partial charge in [-0.25, -0.2) is 8.78 Å². The number of likely N-dealkylation sites (tertiary alicyclic amines) is 1. The van der Waals surface area contributed by atoms with Gasteiger partial charge >= 0.3 is 0 Å². The lowest BCUT2D eigenvalue weighted by molar-refractivity contribution is 0.198. The summed E-state index contributed by atoms with van der Waals surface area (Å²) in [6, 6.07) is 12.6. The number of hydrogen-bond acceptors (Lipinski definition) is 2. The molecule has 1 aliphatic heterocycles. The number of aryl methyl sites for hydroxylation is 1. The predicted molar refractivity (Wildman–Crippen MR) is 102 cm³/mol. The van der Waals surface area contributed by atoms with E-state index in [4.69, 9.17) is 0 Å². The lowest BCUT2D eigenvalue weighted by Gasteiger charge is -2.32. The second-order valence-electron chi connectivity index (χ2n) is 7.39. The summed E-state index contributed by atoms with van der Waals surface area (Å²) in [6.07, 6.45) is 4.06. The molecule has 27 heavy (non-hydrogen) atoms. The summed E-state index contributed by atoms with van der Waals surface area (Å²) in [5.74, 6) is -1.23. The predicted octanol–water partition coefficient (Wildman–Crippen LogP) is 5.04. The minimum atomic E-state index is -0.796. The Balaban J connectivity index is 1.52. The van der Waals surface area contributed by atoms with Crippen molar-refractivity contribution in [2.45, 2.75) is 32.2 Å². The van der Waals surface area contributed by atoms with Crippen LogP contribution < -0.4 is 0 Å². The molecule has 1 N–H and O–H groups in total. The van der Waals surface area contributed by atoms with Crippen LogP contribution in [0.3, 0.4) is 0 Å². The van der Waals surface area contributed by atoms with Crippen LogP contribution in [0.25, 0.3) is 11.1 Å². The molecule has 0 saturated carbocycles. The maximum absolute atomic E-state index is 13.5. The first-order chi connectivity index (χ1) is 13.1. The Labute approximate surface area is 158 Å². The molecule has 5 heteroatoms. The molecule has 1 fully saturated rings. The molecule has 3 nitrogen and oxygen atoms in total. The third-order valence-corrected chi connectivity index (χ3v) is 5.30. The Morgan fingerprint density at radius 3 is 2.85 bits per heavy atom. The van der Waals surface area contributed by atoms with Crippen molar-refractivity contribution in [2.75, 3.05) is 13.1 Å². The molecule has 0 radical (unpaired) electrons. The highest BCUT2D eigenvalue weighted by Gasteiger charge is 2.25. The van der Waals surface area contributed by atoms with E-state index in [0.29, 0.717) is 12.5 Å². The van der Waals surface area contributed by atoms with Gasteiger partial charge < -0.3 is 0 Å². The van der Waals surface area contributed by atoms with E-state index >= 15 is 0 Å². The highest BCUT2D eigenvalue weighted by Crippen LogP contribution is 2.33. The van der Waals surface area contributed by atoms with Gasteiger partial charge in [0.05, 0.1) is 6.20 Å². The Bertz CT molecular complexity index is 935. The van der Waals surface area contributed by atoms with Crippen LogP contribution in [0.2, 0.25) is 0 Å². The number of nitrogens with one attached hydrogen (secondary N) is 1. The van der Waals surface area contributed by atoms with Gasteiger partial charge in [0.25, 0.3) is 0 Å². The van der Waals surface area contributed by atoms with Crippen LogP contribution in [0, 0.1) is 18.6 Å². The van der Waals surface area contributed by atoms with E-state index in [-0.39, 0.29) is 0 Å². The van der Waals surface area contributed by atoms with E-state index in [9.17, 15) is 8.78 Å². The van der Waals surface area contributed by atoms with Crippen molar-refractivity contribution in [1.82, 2.24) is 15.1 Å². The molecule has 1 atom stereocenters. The van der Waals surface area contributed by atoms with Crippen LogP contribution in [0.15, 0.2) is 48.7 Å². The minimum absolute atomic E-state index is 0.349. The first-order valence-electron chi connectivity index (χ1n) is 9.37. The summed E-state index contributed by atoms with van der Waals surface area (Å²) in [6.45, 7) is 4.55. The Hall–Kier alpha value is -2.53. The summed E-state index contributed by atoms with van der Waals surface area (Å²) >= 11 is 0. The molecule has 0 unspecified atom stereocenters. The van der Waals surface area contributed by atoms with Crippen molar-refractivity contribution in [3.05, 3.63) is 77.1 Å². The fraction of sp³-hybridized carbons (Fsp3) is 0.318. The molecule has 1 saturated heterocycles. The quantitative estimate of drug-likeness (QED) is 0.700. The Morgan fingerprint density at radius 2 is 2.04 bits per heavy atom. The van der Waals surface area contributed by atoms with Gasteiger partial charge in [-0.2, -0.15) is 5.10 Å². The van der Waals surface area contributed by atoms with Gasteiger partial charge in [0.15, 0.2) is 11.6 Å². The monoisotopic (exact) mass is 367 g/mol. The molecule has 1 aromatic heterocycles. The summed E-state index contributed by atoms with van der Waals surface area (Å²) in [7, 11) is 0. The Morgan fingerprint density at radius 1 is 1.15 bits per heavy atom. The summed E-state index contributed by atoms with van der Waals surface area (Å²) in [5.41, 5.74) is 5.52. The molecule has 140 valence electrons. The molecule has 0 bridgehead atoms. The zero-order valence-electron chi connectivity index (χ0n) is 15.4. The SMILES string of the molecule is Cc1cccc(-c2cn[nH]c2[C@@H]2CCCN(Cc3ccc(F)c(F)c3)C2)c1. The standard InChI is InChI=1S/C22H23F2N3/c1-15-4-2-5-17(10-15)19-12-25-26-22(19)18-6-3-9-27(14-18)13-16-7-8-20(23)21(24)11-16/h2,4-5,7-8,10-12,18H,3,6,9,13-14H2,1H3,(H,25,26)/t18-/m1/s1. The van der Waals surface area contributed by atoms with Gasteiger partial charge in [0.1, 0.15) is 0 Å². The molecule has 2 heterocycles. The van der Waals surface area contributed by atoms with Gasteiger partial charge in [-0.15, -0.1) is 0 Å². The second-order valence-corrected chi connectivity index (χ2v) is 7.39. The van der Waals surface area contributed by atoms with E-state index in [1.807, 2.05) is 6.20 Å². The van der Waals surface area contributed by atoms with Crippen molar-refractivity contribution in [2.24, 2.45) is 0 Å². The van der Waals surface area contributed by atoms with Crippen molar-refractivity contribution in [3.63, 3.8) is 0 Å². The zero-order chi connectivity index (χ0) is 18.8. The molecule has 0 spiro atoms. The lowest BCUT2D eigenvalue weighted by Crippen LogP contribution is -2.34. The van der Waals surface area contributed by atoms with Gasteiger partial charge in [-0.3, -0.25) is 10.00 Å². The van der Waals surface area contributed by atoms with Gasteiger partial charge in [-0.05, 0) is 49.6 Å². The van der Waals surface area contributed by atoms with E-state index in [1.165, 1.54) is 23.3 Å². The topological polar surface area (TPSA) is 31.9 Å². The summed E-state index contributed by atoms with van der Waals surface area (Å²) in [4.78, 5) is 2.31. The second kappa shape index (κ2) is 7.61. The third-order valence-electron chi connectivity index (χ3n) is 5.30. The van der Waals surface area contributed by atoms with E-state index in [1.54, 1.807) is 6.07 Å². The molecular formula is C22H23F2N3. The van der Waals surface area contributed by atoms with Crippen LogP contribution in [-0.2, 0) is 6.54 Å².